The van der Waals surface area contributed by atoms with Crippen LogP contribution in [0.4, 0.5) is 0 Å². The Hall–Kier alpha value is -2.50. The van der Waals surface area contributed by atoms with E-state index in [0.29, 0.717) is 17.0 Å². The summed E-state index contributed by atoms with van der Waals surface area (Å²) in [6, 6.07) is 3.59. The zero-order chi connectivity index (χ0) is 17.7. The summed E-state index contributed by atoms with van der Waals surface area (Å²) in [5.74, 6) is -2.00. The minimum absolute atomic E-state index is 0.255. The maximum absolute atomic E-state index is 12.5. The molecule has 0 aromatic carbocycles. The van der Waals surface area contributed by atoms with E-state index in [1.165, 1.54) is 0 Å². The van der Waals surface area contributed by atoms with Crippen LogP contribution >= 0.6 is 0 Å². The Morgan fingerprint density at radius 2 is 1.71 bits per heavy atom. The molecule has 128 valence electrons. The van der Waals surface area contributed by atoms with Gasteiger partial charge in [0.25, 0.3) is 0 Å². The van der Waals surface area contributed by atoms with Crippen LogP contribution in [-0.4, -0.2) is 35.8 Å². The van der Waals surface area contributed by atoms with Gasteiger partial charge in [-0.2, -0.15) is 0 Å². The number of carbonyl (C=O) groups is 2. The highest BCUT2D eigenvalue weighted by Gasteiger charge is 2.42. The van der Waals surface area contributed by atoms with Crippen LogP contribution in [0.3, 0.4) is 0 Å². The Labute approximate surface area is 141 Å². The number of pyridine rings is 1. The van der Waals surface area contributed by atoms with Crippen LogP contribution < -0.4 is 0 Å². The van der Waals surface area contributed by atoms with E-state index in [9.17, 15) is 9.59 Å². The Bertz CT molecular complexity index is 680. The highest BCUT2D eigenvalue weighted by molar-refractivity contribution is 6.06. The van der Waals surface area contributed by atoms with Gasteiger partial charge >= 0.3 is 11.9 Å². The second-order valence-corrected chi connectivity index (χ2v) is 5.46. The average molecular weight is 330 g/mol. The maximum Gasteiger partial charge on any atom is 0.336 e. The molecule has 0 fully saturated rings. The minimum atomic E-state index is -0.657. The van der Waals surface area contributed by atoms with Gasteiger partial charge in [-0.25, -0.2) is 4.79 Å². The van der Waals surface area contributed by atoms with Crippen molar-refractivity contribution < 1.29 is 19.1 Å². The molecule has 0 amide bonds. The number of ether oxygens (including phenoxy) is 2. The van der Waals surface area contributed by atoms with Gasteiger partial charge in [-0.3, -0.25) is 14.8 Å². The third-order valence-corrected chi connectivity index (χ3v) is 3.93. The molecule has 1 aromatic rings. The molecule has 0 saturated carbocycles. The number of hydrogen-bond acceptors (Lipinski definition) is 6. The molecular weight excluding hydrogens is 308 g/mol. The Morgan fingerprint density at radius 3 is 2.29 bits per heavy atom. The number of allylic oxidation sites excluding steroid dienone is 1. The lowest BCUT2D eigenvalue weighted by Gasteiger charge is -2.31. The lowest BCUT2D eigenvalue weighted by molar-refractivity contribution is -0.146. The lowest BCUT2D eigenvalue weighted by atomic mass is 9.76. The first-order valence-corrected chi connectivity index (χ1v) is 8.00. The summed E-state index contributed by atoms with van der Waals surface area (Å²) in [5, 5.41) is 0. The minimum Gasteiger partial charge on any atom is -0.465 e. The van der Waals surface area contributed by atoms with Gasteiger partial charge in [-0.1, -0.05) is 0 Å². The quantitative estimate of drug-likeness (QED) is 0.776. The number of hydrogen-bond donors (Lipinski definition) is 0. The number of aliphatic imine (C=N–C) groups is 1. The van der Waals surface area contributed by atoms with Gasteiger partial charge in [0.2, 0.25) is 0 Å². The van der Waals surface area contributed by atoms with E-state index in [1.807, 2.05) is 0 Å². The van der Waals surface area contributed by atoms with Crippen LogP contribution in [0.25, 0.3) is 0 Å². The Balaban J connectivity index is 2.58. The largest absolute Gasteiger partial charge is 0.465 e. The molecule has 2 atom stereocenters. The summed E-state index contributed by atoms with van der Waals surface area (Å²) in [6.45, 7) is 7.55. The second kappa shape index (κ2) is 7.86. The molecule has 1 aromatic heterocycles. The molecule has 0 aliphatic carbocycles. The maximum atomic E-state index is 12.5. The molecule has 0 radical (unpaired) electrons. The topological polar surface area (TPSA) is 77.8 Å². The third kappa shape index (κ3) is 3.53. The fourth-order valence-corrected chi connectivity index (χ4v) is 2.98. The van der Waals surface area contributed by atoms with Crippen molar-refractivity contribution in [1.82, 2.24) is 4.98 Å². The van der Waals surface area contributed by atoms with Crippen LogP contribution in [0.5, 0.6) is 0 Å². The van der Waals surface area contributed by atoms with E-state index < -0.39 is 23.8 Å². The molecule has 1 aliphatic rings. The van der Waals surface area contributed by atoms with Crippen LogP contribution in [0.1, 0.15) is 39.2 Å². The van der Waals surface area contributed by atoms with Crippen molar-refractivity contribution in [2.45, 2.75) is 33.6 Å². The van der Waals surface area contributed by atoms with E-state index >= 15 is 0 Å². The molecule has 0 N–H and O–H groups in total. The van der Waals surface area contributed by atoms with Crippen molar-refractivity contribution in [2.75, 3.05) is 13.2 Å². The number of esters is 2. The SMILES string of the molecule is CCOC(=O)C1=C(C)N=C(C)C(C(=O)OCC)C1c1ccncc1. The van der Waals surface area contributed by atoms with Crippen LogP contribution in [0.2, 0.25) is 0 Å². The monoisotopic (exact) mass is 330 g/mol. The van der Waals surface area contributed by atoms with Gasteiger partial charge in [0.1, 0.15) is 5.92 Å². The highest BCUT2D eigenvalue weighted by Crippen LogP contribution is 2.39. The van der Waals surface area contributed by atoms with Gasteiger partial charge in [-0.05, 0) is 45.4 Å². The summed E-state index contributed by atoms with van der Waals surface area (Å²) in [7, 11) is 0. The molecule has 2 unspecified atom stereocenters. The summed E-state index contributed by atoms with van der Waals surface area (Å²) in [5.41, 5.74) is 2.39. The Kier molecular flexibility index (Phi) is 5.84. The second-order valence-electron chi connectivity index (χ2n) is 5.46. The van der Waals surface area contributed by atoms with Crippen molar-refractivity contribution in [3.8, 4) is 0 Å². The fourth-order valence-electron chi connectivity index (χ4n) is 2.98. The molecule has 24 heavy (non-hydrogen) atoms. The van der Waals surface area contributed by atoms with Gasteiger partial charge in [-0.15, -0.1) is 0 Å². The van der Waals surface area contributed by atoms with E-state index in [-0.39, 0.29) is 13.2 Å². The average Bonchev–Trinajstić information content (AvgIpc) is 2.55. The fraction of sp³-hybridized carbons (Fsp3) is 0.444. The first-order chi connectivity index (χ1) is 11.5. The number of rotatable bonds is 5. The lowest BCUT2D eigenvalue weighted by Crippen LogP contribution is -2.36. The summed E-state index contributed by atoms with van der Waals surface area (Å²) in [4.78, 5) is 33.5. The first-order valence-electron chi connectivity index (χ1n) is 8.00. The van der Waals surface area contributed by atoms with Crippen molar-refractivity contribution in [1.29, 1.82) is 0 Å². The predicted octanol–water partition coefficient (Wildman–Crippen LogP) is 2.66. The molecule has 0 bridgehead atoms. The van der Waals surface area contributed by atoms with Gasteiger partial charge in [0.05, 0.1) is 18.8 Å². The standard InChI is InChI=1S/C18H22N2O4/c1-5-23-17(21)14-11(3)20-12(4)15(18(22)24-6-2)16(14)13-7-9-19-10-8-13/h7-10,14,16H,5-6H2,1-4H3. The molecule has 1 aliphatic heterocycles. The molecule has 2 heterocycles. The zero-order valence-corrected chi connectivity index (χ0v) is 14.4. The number of carbonyl (C=O) groups excluding carboxylic acids is 2. The first kappa shape index (κ1) is 17.8. The van der Waals surface area contributed by atoms with Crippen molar-refractivity contribution in [3.63, 3.8) is 0 Å². The van der Waals surface area contributed by atoms with Crippen LogP contribution in [0.15, 0.2) is 40.8 Å². The van der Waals surface area contributed by atoms with Gasteiger partial charge in [0, 0.05) is 29.7 Å². The zero-order valence-electron chi connectivity index (χ0n) is 14.4. The molecular formula is C18H22N2O4. The molecule has 0 saturated heterocycles. The highest BCUT2D eigenvalue weighted by atomic mass is 16.5. The third-order valence-electron chi connectivity index (χ3n) is 3.93. The normalized spacial score (nSPS) is 20.4. The number of nitrogens with zero attached hydrogens (tertiary/aromatic N) is 2. The Morgan fingerprint density at radius 1 is 1.08 bits per heavy atom. The van der Waals surface area contributed by atoms with Gasteiger partial charge < -0.3 is 9.47 Å². The molecule has 6 heteroatoms. The van der Waals surface area contributed by atoms with Crippen molar-refractivity contribution in [3.05, 3.63) is 41.4 Å². The molecule has 2 rings (SSSR count). The number of aromatic nitrogens is 1. The smallest absolute Gasteiger partial charge is 0.336 e. The molecule has 6 nitrogen and oxygen atoms in total. The van der Waals surface area contributed by atoms with Crippen LogP contribution in [0, 0.1) is 5.92 Å². The summed E-state index contributed by atoms with van der Waals surface area (Å²) >= 11 is 0. The summed E-state index contributed by atoms with van der Waals surface area (Å²) in [6.07, 6.45) is 3.27. The molecule has 0 spiro atoms. The van der Waals surface area contributed by atoms with Crippen molar-refractivity contribution >= 4 is 17.7 Å². The van der Waals surface area contributed by atoms with Crippen molar-refractivity contribution in [2.24, 2.45) is 10.9 Å². The predicted molar refractivity (Wildman–Crippen MR) is 89.5 cm³/mol. The van der Waals surface area contributed by atoms with E-state index in [0.717, 1.165) is 5.56 Å². The summed E-state index contributed by atoms with van der Waals surface area (Å²) < 4.78 is 10.4. The van der Waals surface area contributed by atoms with E-state index in [1.54, 1.807) is 52.2 Å². The van der Waals surface area contributed by atoms with E-state index in [2.05, 4.69) is 9.98 Å². The van der Waals surface area contributed by atoms with Gasteiger partial charge in [0.15, 0.2) is 0 Å². The van der Waals surface area contributed by atoms with Crippen LogP contribution in [-0.2, 0) is 19.1 Å². The van der Waals surface area contributed by atoms with E-state index in [4.69, 9.17) is 9.47 Å².